The van der Waals surface area contributed by atoms with Gasteiger partial charge in [0, 0.05) is 19.4 Å². The van der Waals surface area contributed by atoms with Crippen LogP contribution in [0.5, 0.6) is 0 Å². The highest BCUT2D eigenvalue weighted by Gasteiger charge is 2.32. The molecule has 0 aromatic rings. The van der Waals surface area contributed by atoms with Gasteiger partial charge in [0.25, 0.3) is 0 Å². The number of esters is 1. The number of methoxy groups -OCH3 is 1. The fourth-order valence-electron chi connectivity index (χ4n) is 2.18. The Bertz CT molecular complexity index is 217. The summed E-state index contributed by atoms with van der Waals surface area (Å²) < 4.78 is 15.8. The summed E-state index contributed by atoms with van der Waals surface area (Å²) in [5.41, 5.74) is 0. The maximum atomic E-state index is 11.3. The number of hydrogen-bond donors (Lipinski definition) is 0. The van der Waals surface area contributed by atoms with Gasteiger partial charge in [-0.1, -0.05) is 13.3 Å². The van der Waals surface area contributed by atoms with Crippen molar-refractivity contribution in [2.45, 2.75) is 39.4 Å². The second-order valence-corrected chi connectivity index (χ2v) is 4.16. The average molecular weight is 230 g/mol. The summed E-state index contributed by atoms with van der Waals surface area (Å²) in [6.45, 7) is 5.40. The molecule has 4 heteroatoms. The van der Waals surface area contributed by atoms with Gasteiger partial charge in [0.15, 0.2) is 6.29 Å². The van der Waals surface area contributed by atoms with Crippen molar-refractivity contribution in [1.82, 2.24) is 0 Å². The molecule has 16 heavy (non-hydrogen) atoms. The maximum Gasteiger partial charge on any atom is 0.305 e. The lowest BCUT2D eigenvalue weighted by atomic mass is 9.83. The molecule has 0 aliphatic carbocycles. The van der Waals surface area contributed by atoms with Crippen LogP contribution in [0.2, 0.25) is 0 Å². The van der Waals surface area contributed by atoms with Gasteiger partial charge in [-0.3, -0.25) is 4.79 Å². The zero-order valence-electron chi connectivity index (χ0n) is 10.4. The van der Waals surface area contributed by atoms with Crippen molar-refractivity contribution in [2.75, 3.05) is 20.3 Å². The van der Waals surface area contributed by atoms with E-state index in [1.54, 1.807) is 0 Å². The number of rotatable bonds is 5. The summed E-state index contributed by atoms with van der Waals surface area (Å²) in [5, 5.41) is 0. The van der Waals surface area contributed by atoms with Crippen molar-refractivity contribution in [3.63, 3.8) is 0 Å². The van der Waals surface area contributed by atoms with E-state index in [1.165, 1.54) is 7.11 Å². The fourth-order valence-corrected chi connectivity index (χ4v) is 2.18. The normalized spacial score (nSPS) is 30.1. The molecule has 0 unspecified atom stereocenters. The first kappa shape index (κ1) is 13.5. The summed E-state index contributed by atoms with van der Waals surface area (Å²) in [6.07, 6.45) is 2.15. The van der Waals surface area contributed by atoms with Gasteiger partial charge >= 0.3 is 5.97 Å². The third-order valence-electron chi connectivity index (χ3n) is 3.19. The lowest BCUT2D eigenvalue weighted by Crippen LogP contribution is -2.36. The van der Waals surface area contributed by atoms with Gasteiger partial charge in [-0.15, -0.1) is 0 Å². The summed E-state index contributed by atoms with van der Waals surface area (Å²) in [5.74, 6) is 0.624. The Morgan fingerprint density at radius 1 is 1.38 bits per heavy atom. The van der Waals surface area contributed by atoms with E-state index in [2.05, 4.69) is 6.92 Å². The van der Waals surface area contributed by atoms with Crippen LogP contribution in [0.15, 0.2) is 0 Å². The van der Waals surface area contributed by atoms with E-state index in [9.17, 15) is 4.79 Å². The summed E-state index contributed by atoms with van der Waals surface area (Å²) >= 11 is 0. The molecule has 0 N–H and O–H groups in total. The van der Waals surface area contributed by atoms with E-state index >= 15 is 0 Å². The van der Waals surface area contributed by atoms with Gasteiger partial charge in [-0.2, -0.15) is 0 Å². The van der Waals surface area contributed by atoms with Gasteiger partial charge in [-0.05, 0) is 18.8 Å². The molecule has 1 fully saturated rings. The Morgan fingerprint density at radius 2 is 2.12 bits per heavy atom. The third kappa shape index (κ3) is 3.76. The molecular weight excluding hydrogens is 208 g/mol. The molecule has 1 aliphatic heterocycles. The Morgan fingerprint density at radius 3 is 2.69 bits per heavy atom. The van der Waals surface area contributed by atoms with Crippen LogP contribution in [0.25, 0.3) is 0 Å². The van der Waals surface area contributed by atoms with Crippen LogP contribution >= 0.6 is 0 Å². The Kier molecular flexibility index (Phi) is 5.77. The van der Waals surface area contributed by atoms with Crippen LogP contribution in [-0.2, 0) is 19.0 Å². The number of ether oxygens (including phenoxy) is 3. The first-order valence-corrected chi connectivity index (χ1v) is 6.01. The molecule has 1 saturated heterocycles. The van der Waals surface area contributed by atoms with Gasteiger partial charge in [0.05, 0.1) is 13.7 Å². The smallest absolute Gasteiger partial charge is 0.305 e. The van der Waals surface area contributed by atoms with Crippen LogP contribution in [-0.4, -0.2) is 32.6 Å². The number of hydrogen-bond acceptors (Lipinski definition) is 4. The molecule has 0 spiro atoms. The molecule has 94 valence electrons. The number of carbonyl (C=O) groups excluding carboxylic acids is 1. The second kappa shape index (κ2) is 6.86. The first-order chi connectivity index (χ1) is 7.71. The van der Waals surface area contributed by atoms with Crippen molar-refractivity contribution < 1.29 is 19.0 Å². The van der Waals surface area contributed by atoms with Gasteiger partial charge in [0.1, 0.15) is 0 Å². The van der Waals surface area contributed by atoms with Crippen LogP contribution < -0.4 is 0 Å². The monoisotopic (exact) mass is 230 g/mol. The Balaban J connectivity index is 2.49. The Hall–Kier alpha value is -0.610. The average Bonchev–Trinajstić information content (AvgIpc) is 2.30. The fraction of sp³-hybridized carbons (Fsp3) is 0.917. The van der Waals surface area contributed by atoms with E-state index in [0.717, 1.165) is 12.8 Å². The minimum atomic E-state index is -0.151. The van der Waals surface area contributed by atoms with E-state index in [1.807, 2.05) is 6.92 Å². The highest BCUT2D eigenvalue weighted by atomic mass is 16.7. The summed E-state index contributed by atoms with van der Waals surface area (Å²) in [7, 11) is 1.43. The first-order valence-electron chi connectivity index (χ1n) is 6.01. The Labute approximate surface area is 97.2 Å². The van der Waals surface area contributed by atoms with Crippen LogP contribution in [0, 0.1) is 11.8 Å². The zero-order chi connectivity index (χ0) is 12.0. The molecule has 0 aromatic heterocycles. The standard InChI is InChI=1S/C12H22O4/c1-4-9-8-16-12(15-5-2)7-10(9)6-11(13)14-3/h9-10,12H,4-8H2,1-3H3/t9-,10+,12+/m0/s1. The largest absolute Gasteiger partial charge is 0.469 e. The minimum Gasteiger partial charge on any atom is -0.469 e. The molecule has 0 radical (unpaired) electrons. The SMILES string of the molecule is CCO[C@H]1C[C@@H](CC(=O)OC)[C@@H](CC)CO1. The van der Waals surface area contributed by atoms with Crippen LogP contribution in [0.3, 0.4) is 0 Å². The van der Waals surface area contributed by atoms with Gasteiger partial charge in [0.2, 0.25) is 0 Å². The molecule has 4 nitrogen and oxygen atoms in total. The summed E-state index contributed by atoms with van der Waals surface area (Å²) in [6, 6.07) is 0. The quantitative estimate of drug-likeness (QED) is 0.677. The van der Waals surface area contributed by atoms with Crippen molar-refractivity contribution in [3.8, 4) is 0 Å². The molecule has 0 aromatic carbocycles. The minimum absolute atomic E-state index is 0.138. The highest BCUT2D eigenvalue weighted by Crippen LogP contribution is 2.31. The van der Waals surface area contributed by atoms with Crippen molar-refractivity contribution >= 4 is 5.97 Å². The van der Waals surface area contributed by atoms with Crippen molar-refractivity contribution in [3.05, 3.63) is 0 Å². The predicted octanol–water partition coefficient (Wildman–Crippen LogP) is 1.97. The van der Waals surface area contributed by atoms with Crippen LogP contribution in [0.4, 0.5) is 0 Å². The zero-order valence-corrected chi connectivity index (χ0v) is 10.4. The number of carbonyl (C=O) groups is 1. The van der Waals surface area contributed by atoms with Gasteiger partial charge < -0.3 is 14.2 Å². The topological polar surface area (TPSA) is 44.8 Å². The van der Waals surface area contributed by atoms with E-state index < -0.39 is 0 Å². The molecule has 1 heterocycles. The van der Waals surface area contributed by atoms with Crippen molar-refractivity contribution in [2.24, 2.45) is 11.8 Å². The summed E-state index contributed by atoms with van der Waals surface area (Å²) in [4.78, 5) is 11.3. The van der Waals surface area contributed by atoms with E-state index in [4.69, 9.17) is 14.2 Å². The molecule has 0 bridgehead atoms. The molecule has 0 amide bonds. The van der Waals surface area contributed by atoms with Crippen LogP contribution in [0.1, 0.15) is 33.1 Å². The highest BCUT2D eigenvalue weighted by molar-refractivity contribution is 5.69. The second-order valence-electron chi connectivity index (χ2n) is 4.16. The maximum absolute atomic E-state index is 11.3. The predicted molar refractivity (Wildman–Crippen MR) is 59.9 cm³/mol. The molecular formula is C12H22O4. The van der Waals surface area contributed by atoms with Crippen molar-refractivity contribution in [1.29, 1.82) is 0 Å². The molecule has 1 rings (SSSR count). The molecule has 0 saturated carbocycles. The molecule has 3 atom stereocenters. The third-order valence-corrected chi connectivity index (χ3v) is 3.19. The van der Waals surface area contributed by atoms with E-state index in [0.29, 0.717) is 31.5 Å². The van der Waals surface area contributed by atoms with Gasteiger partial charge in [-0.25, -0.2) is 0 Å². The lowest BCUT2D eigenvalue weighted by Gasteiger charge is -2.35. The molecule has 1 aliphatic rings. The van der Waals surface area contributed by atoms with E-state index in [-0.39, 0.29) is 12.3 Å². The lowest BCUT2D eigenvalue weighted by molar-refractivity contribution is -0.191.